The van der Waals surface area contributed by atoms with Gasteiger partial charge in [0.15, 0.2) is 46.3 Å². The van der Waals surface area contributed by atoms with Crippen LogP contribution in [0.5, 0.6) is 0 Å². The Hall–Kier alpha value is -11.1. The molecule has 0 aromatic carbocycles. The Morgan fingerprint density at radius 2 is 0.818 bits per heavy atom. The van der Waals surface area contributed by atoms with E-state index in [-0.39, 0.29) is 217 Å². The Morgan fingerprint density at radius 1 is 0.399 bits per heavy atom. The summed E-state index contributed by atoms with van der Waals surface area (Å²) in [6, 6.07) is -3.70. The molecule has 12 N–H and O–H groups in total. The summed E-state index contributed by atoms with van der Waals surface area (Å²) in [4.78, 5) is 270. The maximum atomic E-state index is 12.7. The van der Waals surface area contributed by atoms with Gasteiger partial charge in [0.1, 0.15) is 85.5 Å². The third-order valence-corrected chi connectivity index (χ3v) is 29.8. The number of likely N-dealkylation sites (N-methyl/N-ethyl adjacent to an activating group) is 8. The predicted octanol–water partition coefficient (Wildman–Crippen LogP) is -4.64. The van der Waals surface area contributed by atoms with Crippen molar-refractivity contribution in [2.75, 3.05) is 178 Å². The molecule has 148 heavy (non-hydrogen) atoms. The fraction of sp³-hybridized carbons (Fsp3) is 0.737. The zero-order valence-electron chi connectivity index (χ0n) is 89.1. The summed E-state index contributed by atoms with van der Waals surface area (Å²) in [6.45, 7) is 19.9. The number of nitrogens with one attached hydrogen (secondary N) is 12. The number of aromatic nitrogens is 1. The minimum Gasteiger partial charge on any atom is -0.462 e. The molecule has 13 amide bonds. The van der Waals surface area contributed by atoms with E-state index in [0.29, 0.717) is 96.2 Å². The molecule has 0 bridgehead atoms. The lowest BCUT2D eigenvalue weighted by Gasteiger charge is -2.42. The van der Waals surface area contributed by atoms with Crippen LogP contribution in [-0.4, -0.2) is 467 Å². The number of ether oxygens (including phenoxy) is 3. The van der Waals surface area contributed by atoms with Crippen molar-refractivity contribution in [2.45, 2.75) is 305 Å². The number of methoxy groups -OCH3 is 1. The number of nitrogens with zero attached hydrogens (tertiary/aromatic N) is 13. The molecule has 14 saturated heterocycles. The second kappa shape index (κ2) is 57.2. The molecule has 1 aromatic heterocycles. The Bertz CT molecular complexity index is 4580. The molecule has 14 fully saturated rings. The van der Waals surface area contributed by atoms with Crippen molar-refractivity contribution >= 4 is 135 Å². The van der Waals surface area contributed by atoms with E-state index in [0.717, 1.165) is 103 Å². The van der Waals surface area contributed by atoms with Crippen molar-refractivity contribution < 1.29 is 115 Å². The molecule has 0 saturated carbocycles. The van der Waals surface area contributed by atoms with Gasteiger partial charge in [-0.25, -0.2) is 29.6 Å². The van der Waals surface area contributed by atoms with E-state index in [4.69, 9.17) is 14.2 Å². The molecule has 1 unspecified atom stereocenters. The molecule has 0 radical (unpaired) electrons. The molecule has 15 aliphatic heterocycles. The van der Waals surface area contributed by atoms with E-state index < -0.39 is 66.4 Å². The monoisotopic (exact) mass is 2080 g/mol. The van der Waals surface area contributed by atoms with Crippen molar-refractivity contribution in [3.63, 3.8) is 0 Å². The van der Waals surface area contributed by atoms with E-state index in [1.165, 1.54) is 71.3 Å². The molecular formula is C99H159N25O24. The highest BCUT2D eigenvalue weighted by Gasteiger charge is 2.52. The van der Waals surface area contributed by atoms with E-state index in [1.807, 2.05) is 9.91 Å². The highest BCUT2D eigenvalue weighted by Crippen LogP contribution is 2.36. The number of cyclic esters (lactones) is 1. The maximum Gasteiger partial charge on any atom is 0.336 e. The quantitative estimate of drug-likeness (QED) is 0.0580. The standard InChI is InChI=1S/C15H20N4O4.C14H23N3O3.C12H19N3O3.C12H21N3O2.C12H18N2O4.C12H20N2O3.C11H18N4O3.C11H20N4O2/c1-10(20)7-18-12-5-4-6-17-14(12)19(13(21)9-23-3)8-11(16-2)15(18)22;1-9(18)13-6-4-5-11-7-16(10(2)19)8-12(15-3)14(20)17(11)13;1-7(16)9-4-3-5-10-11(17)14-6-8(13-2)12(18)15(9)10;1-8(16)11-5-3-4-9-6-14-7-10(13-2)12(17)15(9)11;1-7(15)9-4-3-5-10-12(17)18-6-8(13-2)11(16)14(9)10;1-8(15)11-5-3-4-9-6-17-7-10(13-2)12(16)14(9)11;1-7(16)9-4-3-5-14-11(18)13-6-8(12-2)10(17)15(9)14;1-8(16)10-4-3-5-14-7-13-6-9(12-2)11(17)15(10)14/h4-6,11,16H,7-9H2,1-3H3;11-13,15H,4-8H2,1-3H3;8-10,13H,3-6H2,1-2H3,(H,14,17);9-11,13-14H,3-7H2,1-2H3;8-10,13H,3-6H2,1-2H3;9-11,13H,3-7H2,1-2H3;8-9,12H,3-6H2,1-2H3,(H,13,18);9-10,12-13H,3-7H2,1-2H3/t;11-,12+,13+;8-,9-,10+;9-,10+,11+;8-,9-,10+;9-,10+,11+;8-,9-;9-,10-/m.1010100/s1. The first-order valence-electron chi connectivity index (χ1n) is 51.8. The SMILES string of the molecule is CNC1CN(C(=O)COC)c2ncccc2N(CC(C)=O)C1=O.CN[C@H]1CN(C(C)=O)C[C@H]2CCC[C@@H](C(C)=O)N2C1=O.CN[C@H]1CNC(=O)N2CCC[C@@H](C(C)=O)N2C1=O.CN[C@H]1CNC(=O)[C@H]2CCC[C@@H](C(C)=O)N2C1=O.CN[C@H]1CNCN2CCC[C@@H](C(C)=O)N2C1=O.CN[C@H]1CNC[C@H]2CCC[C@@H](C(C)=O)N2C1=O.CN[C@H]1COC(=O)[C@H]2CCC[C@@H](C(C)=O)N2C1=O.CN[C@H]1COC[C@H]2CCC[C@@H](C(C)=O)N2C1=O. The number of hydrazine groups is 2. The molecule has 1 aromatic rings. The van der Waals surface area contributed by atoms with Crippen molar-refractivity contribution in [2.24, 2.45) is 0 Å². The van der Waals surface area contributed by atoms with E-state index in [9.17, 15) is 101 Å². The van der Waals surface area contributed by atoms with Crippen LogP contribution in [0, 0.1) is 0 Å². The minimum atomic E-state index is -0.635. The number of piperidine rings is 5. The van der Waals surface area contributed by atoms with Gasteiger partial charge in [0.25, 0.3) is 17.7 Å². The van der Waals surface area contributed by atoms with Crippen LogP contribution in [0.1, 0.15) is 184 Å². The van der Waals surface area contributed by atoms with E-state index in [2.05, 4.69) is 68.8 Å². The molecule has 0 aliphatic carbocycles. The first kappa shape index (κ1) is 120. The van der Waals surface area contributed by atoms with Crippen LogP contribution in [0.3, 0.4) is 0 Å². The first-order chi connectivity index (χ1) is 70.6. The average molecular weight is 2080 g/mol. The summed E-state index contributed by atoms with van der Waals surface area (Å²) in [5.74, 6) is -1.41. The number of carbonyl (C=O) groups is 21. The van der Waals surface area contributed by atoms with Gasteiger partial charge in [-0.3, -0.25) is 101 Å². The summed E-state index contributed by atoms with van der Waals surface area (Å²) >= 11 is 0. The summed E-state index contributed by atoms with van der Waals surface area (Å²) in [5, 5.41) is 41.7. The van der Waals surface area contributed by atoms with Crippen LogP contribution in [-0.2, 0) is 110 Å². The number of fused-ring (bicyclic) bond motifs is 8. The van der Waals surface area contributed by atoms with Gasteiger partial charge in [0.2, 0.25) is 47.3 Å². The fourth-order valence-electron chi connectivity index (χ4n) is 21.8. The second-order valence-electron chi connectivity index (χ2n) is 39.7. The Kier molecular flexibility index (Phi) is 46.6. The number of hydrogen-bond donors (Lipinski definition) is 12. The molecule has 16 rings (SSSR count). The summed E-state index contributed by atoms with van der Waals surface area (Å²) < 4.78 is 15.5. The van der Waals surface area contributed by atoms with Gasteiger partial charge in [0.05, 0.1) is 87.0 Å². The lowest BCUT2D eigenvalue weighted by Crippen LogP contribution is -2.61. The molecule has 15 aliphatic rings. The van der Waals surface area contributed by atoms with E-state index >= 15 is 0 Å². The lowest BCUT2D eigenvalue weighted by atomic mass is 9.92. The Balaban J connectivity index is 0.000000188. The number of rotatable bonds is 19. The summed E-state index contributed by atoms with van der Waals surface area (Å²) in [6.07, 6.45) is 16.7. The largest absolute Gasteiger partial charge is 0.462 e. The molecule has 0 spiro atoms. The first-order valence-corrected chi connectivity index (χ1v) is 51.8. The average Bonchev–Trinajstić information content (AvgIpc) is 1.69. The van der Waals surface area contributed by atoms with Crippen LogP contribution in [0.15, 0.2) is 18.3 Å². The van der Waals surface area contributed by atoms with Crippen LogP contribution in [0.25, 0.3) is 0 Å². The number of ketones is 8. The van der Waals surface area contributed by atoms with Crippen molar-refractivity contribution in [1.82, 2.24) is 118 Å². The fourth-order valence-corrected chi connectivity index (χ4v) is 21.8. The summed E-state index contributed by atoms with van der Waals surface area (Å²) in [7, 11) is 15.1. The number of anilines is 2. The highest BCUT2D eigenvalue weighted by atomic mass is 16.5. The zero-order chi connectivity index (χ0) is 109. The van der Waals surface area contributed by atoms with Crippen LogP contribution < -0.4 is 73.6 Å². The van der Waals surface area contributed by atoms with Crippen LogP contribution >= 0.6 is 0 Å². The number of hydrogen-bond acceptors (Lipinski definition) is 36. The third kappa shape index (κ3) is 29.6. The van der Waals surface area contributed by atoms with Gasteiger partial charge < -0.3 is 112 Å². The molecular weight excluding hydrogens is 1920 g/mol. The van der Waals surface area contributed by atoms with Gasteiger partial charge in [-0.15, -0.1) is 0 Å². The number of Topliss-reactive ketones (excluding diaryl/α,β-unsaturated/α-hetero) is 8. The van der Waals surface area contributed by atoms with Crippen molar-refractivity contribution in [1.29, 1.82) is 0 Å². The Labute approximate surface area is 865 Å². The maximum absolute atomic E-state index is 12.7. The third-order valence-electron chi connectivity index (χ3n) is 29.8. The van der Waals surface area contributed by atoms with Gasteiger partial charge >= 0.3 is 12.0 Å². The zero-order valence-corrected chi connectivity index (χ0v) is 89.1. The summed E-state index contributed by atoms with van der Waals surface area (Å²) in [5.41, 5.74) is 0.440. The number of urea groups is 1. The topological polar surface area (TPSA) is 582 Å². The van der Waals surface area contributed by atoms with Crippen molar-refractivity contribution in [3.8, 4) is 0 Å². The number of pyridine rings is 1. The number of esters is 1. The smallest absolute Gasteiger partial charge is 0.336 e. The Morgan fingerprint density at radius 3 is 1.36 bits per heavy atom. The number of amides is 13. The number of carbonyl (C=O) groups excluding carboxylic acids is 21. The van der Waals surface area contributed by atoms with Gasteiger partial charge in [-0.2, -0.15) is 0 Å². The van der Waals surface area contributed by atoms with E-state index in [1.54, 1.807) is 122 Å². The minimum absolute atomic E-state index is 0.00241. The van der Waals surface area contributed by atoms with Crippen LogP contribution in [0.2, 0.25) is 0 Å². The van der Waals surface area contributed by atoms with Gasteiger partial charge in [0, 0.05) is 85.2 Å². The van der Waals surface area contributed by atoms with Crippen molar-refractivity contribution in [3.05, 3.63) is 18.3 Å². The normalized spacial score (nSPS) is 29.7. The molecule has 49 nitrogen and oxygen atoms in total. The molecule has 16 heterocycles. The molecule has 49 heteroatoms. The predicted molar refractivity (Wildman–Crippen MR) is 540 cm³/mol. The van der Waals surface area contributed by atoms with Gasteiger partial charge in [-0.1, -0.05) is 0 Å². The molecule has 20 atom stereocenters. The molecule has 824 valence electrons. The second-order valence-corrected chi connectivity index (χ2v) is 39.7. The lowest BCUT2D eigenvalue weighted by molar-refractivity contribution is -0.166. The highest BCUT2D eigenvalue weighted by molar-refractivity contribution is 6.09. The van der Waals surface area contributed by atoms with Crippen LogP contribution in [0.4, 0.5) is 16.3 Å². The van der Waals surface area contributed by atoms with Gasteiger partial charge in [-0.05, 0) is 246 Å².